The SMILES string of the molecule is CN1C(=O)C(F)(F)CN(C2=CC=C2)c2nc(Cl)ncc21. The molecule has 1 aliphatic carbocycles. The van der Waals surface area contributed by atoms with Crippen LogP contribution >= 0.6 is 11.6 Å². The molecule has 1 amide bonds. The Kier molecular flexibility index (Phi) is 2.75. The van der Waals surface area contributed by atoms with Gasteiger partial charge in [0.2, 0.25) is 5.28 Å². The Bertz CT molecular complexity index is 659. The lowest BCUT2D eigenvalue weighted by Crippen LogP contribution is -2.46. The number of halogens is 3. The van der Waals surface area contributed by atoms with Crippen LogP contribution in [0.15, 0.2) is 30.1 Å². The normalized spacial score (nSPS) is 20.2. The zero-order chi connectivity index (χ0) is 14.5. The van der Waals surface area contributed by atoms with Gasteiger partial charge >= 0.3 is 5.92 Å². The van der Waals surface area contributed by atoms with Gasteiger partial charge in [-0.15, -0.1) is 0 Å². The van der Waals surface area contributed by atoms with E-state index in [4.69, 9.17) is 11.6 Å². The molecular weight excluding hydrogens is 290 g/mol. The number of aromatic nitrogens is 2. The largest absolute Gasteiger partial charge is 0.342 e. The van der Waals surface area contributed by atoms with E-state index in [1.165, 1.54) is 18.1 Å². The van der Waals surface area contributed by atoms with Crippen molar-refractivity contribution in [3.8, 4) is 0 Å². The van der Waals surface area contributed by atoms with Crippen LogP contribution in [0.1, 0.15) is 0 Å². The third-order valence-electron chi connectivity index (χ3n) is 3.16. The van der Waals surface area contributed by atoms with Gasteiger partial charge in [-0.05, 0) is 23.8 Å². The number of alkyl halides is 2. The standard InChI is InChI=1S/C12H9ClF2N4O/c1-18-8-5-16-11(13)17-9(8)19(7-3-2-4-7)6-12(14,15)10(18)20/h2-5H,6H2,1H3. The number of rotatable bonds is 1. The van der Waals surface area contributed by atoms with E-state index in [1.807, 2.05) is 0 Å². The van der Waals surface area contributed by atoms with Crippen LogP contribution in [0.2, 0.25) is 5.28 Å². The Morgan fingerprint density at radius 2 is 2.15 bits per heavy atom. The highest BCUT2D eigenvalue weighted by molar-refractivity contribution is 6.28. The lowest BCUT2D eigenvalue weighted by atomic mass is 10.1. The number of carbonyl (C=O) groups is 1. The molecule has 0 bridgehead atoms. The van der Waals surface area contributed by atoms with Crippen molar-refractivity contribution in [2.45, 2.75) is 5.92 Å². The molecule has 20 heavy (non-hydrogen) atoms. The molecule has 0 aromatic carbocycles. The summed E-state index contributed by atoms with van der Waals surface area (Å²) in [5.74, 6) is -4.63. The summed E-state index contributed by atoms with van der Waals surface area (Å²) >= 11 is 5.74. The fourth-order valence-corrected chi connectivity index (χ4v) is 2.18. The minimum absolute atomic E-state index is 0.0660. The Hall–Kier alpha value is -2.02. The van der Waals surface area contributed by atoms with Crippen LogP contribution in [0.4, 0.5) is 20.3 Å². The minimum Gasteiger partial charge on any atom is -0.318 e. The van der Waals surface area contributed by atoms with E-state index in [1.54, 1.807) is 18.2 Å². The van der Waals surface area contributed by atoms with E-state index < -0.39 is 18.4 Å². The van der Waals surface area contributed by atoms with Crippen LogP contribution in [0.3, 0.4) is 0 Å². The van der Waals surface area contributed by atoms with Gasteiger partial charge in [-0.3, -0.25) is 4.79 Å². The summed E-state index contributed by atoms with van der Waals surface area (Å²) in [7, 11) is 1.26. The molecule has 1 aliphatic heterocycles. The molecule has 0 N–H and O–H groups in total. The van der Waals surface area contributed by atoms with Crippen LogP contribution in [0.25, 0.3) is 0 Å². The smallest absolute Gasteiger partial charge is 0.318 e. The summed E-state index contributed by atoms with van der Waals surface area (Å²) < 4.78 is 28.0. The predicted octanol–water partition coefficient (Wildman–Crippen LogP) is 2.00. The molecule has 0 atom stereocenters. The number of hydrogen-bond donors (Lipinski definition) is 0. The first-order valence-electron chi connectivity index (χ1n) is 5.74. The van der Waals surface area contributed by atoms with Crippen molar-refractivity contribution < 1.29 is 13.6 Å². The molecule has 5 nitrogen and oxygen atoms in total. The van der Waals surface area contributed by atoms with E-state index in [2.05, 4.69) is 9.97 Å². The van der Waals surface area contributed by atoms with Crippen molar-refractivity contribution in [1.82, 2.24) is 9.97 Å². The highest BCUT2D eigenvalue weighted by Gasteiger charge is 2.47. The molecule has 0 saturated carbocycles. The molecule has 1 aromatic rings. The van der Waals surface area contributed by atoms with Crippen molar-refractivity contribution in [2.75, 3.05) is 23.4 Å². The van der Waals surface area contributed by atoms with Crippen molar-refractivity contribution >= 4 is 29.0 Å². The summed E-state index contributed by atoms with van der Waals surface area (Å²) in [4.78, 5) is 21.7. The summed E-state index contributed by atoms with van der Waals surface area (Å²) in [5, 5.41) is -0.0660. The quantitative estimate of drug-likeness (QED) is 0.744. The number of nitrogens with zero attached hydrogens (tertiary/aromatic N) is 4. The fourth-order valence-electron chi connectivity index (χ4n) is 2.05. The molecule has 0 saturated heterocycles. The molecule has 3 rings (SSSR count). The van der Waals surface area contributed by atoms with Crippen molar-refractivity contribution in [3.63, 3.8) is 0 Å². The Morgan fingerprint density at radius 3 is 2.75 bits per heavy atom. The lowest BCUT2D eigenvalue weighted by molar-refractivity contribution is -0.140. The van der Waals surface area contributed by atoms with Gasteiger partial charge in [0.05, 0.1) is 12.7 Å². The lowest BCUT2D eigenvalue weighted by Gasteiger charge is -2.27. The second-order valence-electron chi connectivity index (χ2n) is 4.45. The maximum atomic E-state index is 14.0. The maximum Gasteiger partial charge on any atom is 0.342 e. The minimum atomic E-state index is -3.52. The molecule has 0 unspecified atom stereocenters. The van der Waals surface area contributed by atoms with E-state index in [-0.39, 0.29) is 16.8 Å². The van der Waals surface area contributed by atoms with Crippen LogP contribution < -0.4 is 9.80 Å². The summed E-state index contributed by atoms with van der Waals surface area (Å²) in [5.41, 5.74) is 0.738. The van der Waals surface area contributed by atoms with Gasteiger partial charge in [-0.2, -0.15) is 13.8 Å². The van der Waals surface area contributed by atoms with Crippen LogP contribution in [-0.2, 0) is 4.79 Å². The average Bonchev–Trinajstić information content (AvgIpc) is 2.39. The molecule has 0 spiro atoms. The number of amides is 1. The predicted molar refractivity (Wildman–Crippen MR) is 70.0 cm³/mol. The van der Waals surface area contributed by atoms with Crippen LogP contribution in [0, 0.1) is 0 Å². The molecule has 104 valence electrons. The molecule has 8 heteroatoms. The van der Waals surface area contributed by atoms with Crippen molar-refractivity contribution in [3.05, 3.63) is 35.4 Å². The first-order chi connectivity index (χ1) is 9.40. The molecule has 0 radical (unpaired) electrons. The first-order valence-corrected chi connectivity index (χ1v) is 6.12. The van der Waals surface area contributed by atoms with Crippen LogP contribution in [0.5, 0.6) is 0 Å². The second-order valence-corrected chi connectivity index (χ2v) is 4.79. The number of carbonyl (C=O) groups excluding carboxylic acids is 1. The Labute approximate surface area is 118 Å². The topological polar surface area (TPSA) is 49.3 Å². The molecular formula is C12H9ClF2N4O. The van der Waals surface area contributed by atoms with E-state index in [0.29, 0.717) is 5.70 Å². The second kappa shape index (κ2) is 4.24. The van der Waals surface area contributed by atoms with Gasteiger partial charge in [0.15, 0.2) is 5.82 Å². The van der Waals surface area contributed by atoms with Gasteiger partial charge in [-0.1, -0.05) is 6.08 Å². The van der Waals surface area contributed by atoms with E-state index in [0.717, 1.165) is 4.90 Å². The summed E-state index contributed by atoms with van der Waals surface area (Å²) in [6, 6.07) is 0. The van der Waals surface area contributed by atoms with Gasteiger partial charge in [0.1, 0.15) is 5.69 Å². The third-order valence-corrected chi connectivity index (χ3v) is 3.34. The Morgan fingerprint density at radius 1 is 1.45 bits per heavy atom. The fraction of sp³-hybridized carbons (Fsp3) is 0.250. The Balaban J connectivity index is 2.18. The van der Waals surface area contributed by atoms with E-state index in [9.17, 15) is 13.6 Å². The molecule has 0 fully saturated rings. The number of anilines is 2. The van der Waals surface area contributed by atoms with Gasteiger partial charge in [-0.25, -0.2) is 4.98 Å². The monoisotopic (exact) mass is 298 g/mol. The number of allylic oxidation sites excluding steroid dienone is 3. The molecule has 1 aromatic heterocycles. The van der Waals surface area contributed by atoms with Gasteiger partial charge < -0.3 is 9.80 Å². The zero-order valence-corrected chi connectivity index (χ0v) is 11.1. The van der Waals surface area contributed by atoms with Crippen LogP contribution in [-0.4, -0.2) is 35.4 Å². The summed E-state index contributed by atoms with van der Waals surface area (Å²) in [6.07, 6.45) is 6.30. The molecule has 2 heterocycles. The average molecular weight is 299 g/mol. The van der Waals surface area contributed by atoms with Gasteiger partial charge in [0.25, 0.3) is 5.91 Å². The zero-order valence-electron chi connectivity index (χ0n) is 10.3. The maximum absolute atomic E-state index is 14.0. The summed E-state index contributed by atoms with van der Waals surface area (Å²) in [6.45, 7) is -0.785. The number of fused-ring (bicyclic) bond motifs is 1. The third kappa shape index (κ3) is 1.85. The highest BCUT2D eigenvalue weighted by atomic mass is 35.5. The van der Waals surface area contributed by atoms with E-state index >= 15 is 0 Å². The highest BCUT2D eigenvalue weighted by Crippen LogP contribution is 2.38. The molecule has 2 aliphatic rings. The van der Waals surface area contributed by atoms with Crippen molar-refractivity contribution in [1.29, 1.82) is 0 Å². The number of hydrogen-bond acceptors (Lipinski definition) is 4. The first kappa shape index (κ1) is 13.0. The van der Waals surface area contributed by atoms with Crippen molar-refractivity contribution in [2.24, 2.45) is 0 Å². The van der Waals surface area contributed by atoms with Gasteiger partial charge in [0, 0.05) is 12.7 Å².